The second-order valence-electron chi connectivity index (χ2n) is 8.22. The molecule has 0 atom stereocenters. The van der Waals surface area contributed by atoms with Crippen LogP contribution in [0.5, 0.6) is 0 Å². The highest BCUT2D eigenvalue weighted by Gasteiger charge is 2.18. The maximum absolute atomic E-state index is 14.7. The smallest absolute Gasteiger partial charge is 0.255 e. The van der Waals surface area contributed by atoms with Gasteiger partial charge in [-0.15, -0.1) is 0 Å². The molecule has 0 aromatic heterocycles. The SMILES string of the molecule is Cc1cc(C2=CCNCC2)c(F)cc1NC(=O)c1ccc(C2=CCN(C)CC2)c(F)c1. The van der Waals surface area contributed by atoms with Crippen molar-refractivity contribution < 1.29 is 13.6 Å². The number of rotatable bonds is 4. The maximum Gasteiger partial charge on any atom is 0.255 e. The van der Waals surface area contributed by atoms with Crippen LogP contribution in [0.15, 0.2) is 42.5 Å². The number of anilines is 1. The largest absolute Gasteiger partial charge is 0.322 e. The van der Waals surface area contributed by atoms with Crippen LogP contribution in [0, 0.1) is 18.6 Å². The van der Waals surface area contributed by atoms with Gasteiger partial charge in [0, 0.05) is 42.0 Å². The van der Waals surface area contributed by atoms with Gasteiger partial charge >= 0.3 is 0 Å². The fourth-order valence-corrected chi connectivity index (χ4v) is 4.06. The van der Waals surface area contributed by atoms with Crippen molar-refractivity contribution >= 4 is 22.7 Å². The molecular weight excluding hydrogens is 396 g/mol. The molecule has 2 heterocycles. The van der Waals surface area contributed by atoms with Crippen LogP contribution in [-0.4, -0.2) is 44.0 Å². The predicted octanol–water partition coefficient (Wildman–Crippen LogP) is 4.62. The summed E-state index contributed by atoms with van der Waals surface area (Å²) in [5.74, 6) is -1.25. The second kappa shape index (κ2) is 9.12. The Balaban J connectivity index is 1.52. The average molecular weight is 424 g/mol. The van der Waals surface area contributed by atoms with E-state index >= 15 is 0 Å². The molecular formula is C25H27F2N3O. The summed E-state index contributed by atoms with van der Waals surface area (Å²) in [5.41, 5.74) is 4.40. The van der Waals surface area contributed by atoms with E-state index in [1.165, 1.54) is 12.1 Å². The molecule has 0 saturated carbocycles. The lowest BCUT2D eigenvalue weighted by Gasteiger charge is -2.22. The van der Waals surface area contributed by atoms with E-state index in [9.17, 15) is 13.6 Å². The van der Waals surface area contributed by atoms with Crippen LogP contribution in [0.1, 0.15) is 39.9 Å². The zero-order valence-electron chi connectivity index (χ0n) is 17.9. The van der Waals surface area contributed by atoms with Crippen LogP contribution in [-0.2, 0) is 0 Å². The Hall–Kier alpha value is -2.83. The topological polar surface area (TPSA) is 44.4 Å². The molecule has 2 aliphatic rings. The number of likely N-dealkylation sites (N-methyl/N-ethyl adjacent to an activating group) is 1. The minimum atomic E-state index is -0.459. The van der Waals surface area contributed by atoms with Crippen LogP contribution in [0.4, 0.5) is 14.5 Å². The standard InChI is InChI=1S/C25H27F2N3O/c1-16-13-21(17-5-9-28-10-6-17)23(27)15-24(16)29-25(31)19-3-4-20(22(26)14-19)18-7-11-30(2)12-8-18/h3-5,7,13-15,28H,6,8-12H2,1-2H3,(H,29,31). The molecule has 162 valence electrons. The summed E-state index contributed by atoms with van der Waals surface area (Å²) in [7, 11) is 2.03. The van der Waals surface area contributed by atoms with E-state index in [0.717, 1.165) is 55.7 Å². The van der Waals surface area contributed by atoms with E-state index in [-0.39, 0.29) is 11.4 Å². The predicted molar refractivity (Wildman–Crippen MR) is 121 cm³/mol. The second-order valence-corrected chi connectivity index (χ2v) is 8.22. The minimum Gasteiger partial charge on any atom is -0.322 e. The van der Waals surface area contributed by atoms with Crippen molar-refractivity contribution in [2.75, 3.05) is 38.5 Å². The third-order valence-corrected chi connectivity index (χ3v) is 5.96. The fraction of sp³-hybridized carbons (Fsp3) is 0.320. The lowest BCUT2D eigenvalue weighted by molar-refractivity contribution is 0.102. The van der Waals surface area contributed by atoms with Crippen molar-refractivity contribution in [3.8, 4) is 0 Å². The van der Waals surface area contributed by atoms with Gasteiger partial charge in [0.15, 0.2) is 0 Å². The number of nitrogens with zero attached hydrogens (tertiary/aromatic N) is 1. The van der Waals surface area contributed by atoms with Crippen molar-refractivity contribution in [1.29, 1.82) is 0 Å². The number of carbonyl (C=O) groups excluding carboxylic acids is 1. The molecule has 2 aliphatic heterocycles. The van der Waals surface area contributed by atoms with Crippen LogP contribution < -0.4 is 10.6 Å². The number of nitrogens with one attached hydrogen (secondary N) is 2. The van der Waals surface area contributed by atoms with E-state index in [1.54, 1.807) is 18.2 Å². The molecule has 1 amide bonds. The summed E-state index contributed by atoms with van der Waals surface area (Å²) >= 11 is 0. The van der Waals surface area contributed by atoms with Gasteiger partial charge in [0.1, 0.15) is 11.6 Å². The van der Waals surface area contributed by atoms with Gasteiger partial charge in [-0.3, -0.25) is 4.79 Å². The first-order valence-electron chi connectivity index (χ1n) is 10.6. The van der Waals surface area contributed by atoms with Crippen molar-refractivity contribution in [3.05, 3.63) is 76.4 Å². The van der Waals surface area contributed by atoms with Gasteiger partial charge in [0.2, 0.25) is 0 Å². The van der Waals surface area contributed by atoms with Crippen LogP contribution in [0.2, 0.25) is 0 Å². The number of hydrogen-bond donors (Lipinski definition) is 2. The Morgan fingerprint density at radius 2 is 1.81 bits per heavy atom. The number of benzene rings is 2. The number of hydrogen-bond acceptors (Lipinski definition) is 3. The molecule has 0 radical (unpaired) electrons. The minimum absolute atomic E-state index is 0.208. The monoisotopic (exact) mass is 423 g/mol. The number of aryl methyl sites for hydroxylation is 1. The number of carbonyl (C=O) groups is 1. The van der Waals surface area contributed by atoms with E-state index in [2.05, 4.69) is 15.5 Å². The fourth-order valence-electron chi connectivity index (χ4n) is 4.06. The van der Waals surface area contributed by atoms with E-state index < -0.39 is 11.7 Å². The van der Waals surface area contributed by atoms with Crippen LogP contribution in [0.25, 0.3) is 11.1 Å². The van der Waals surface area contributed by atoms with E-state index in [0.29, 0.717) is 16.8 Å². The molecule has 0 fully saturated rings. The Bertz CT molecular complexity index is 1070. The van der Waals surface area contributed by atoms with Gasteiger partial charge in [-0.25, -0.2) is 8.78 Å². The Kier molecular flexibility index (Phi) is 6.30. The molecule has 0 spiro atoms. The van der Waals surface area contributed by atoms with Crippen molar-refractivity contribution in [2.45, 2.75) is 19.8 Å². The molecule has 0 aliphatic carbocycles. The van der Waals surface area contributed by atoms with Gasteiger partial charge < -0.3 is 15.5 Å². The van der Waals surface area contributed by atoms with E-state index in [1.807, 2.05) is 26.1 Å². The molecule has 2 aromatic carbocycles. The van der Waals surface area contributed by atoms with Crippen LogP contribution in [0.3, 0.4) is 0 Å². The van der Waals surface area contributed by atoms with Gasteiger partial charge in [0.05, 0.1) is 0 Å². The Morgan fingerprint density at radius 1 is 1.03 bits per heavy atom. The lowest BCUT2D eigenvalue weighted by Crippen LogP contribution is -2.24. The summed E-state index contributed by atoms with van der Waals surface area (Å²) in [6.07, 6.45) is 5.55. The van der Waals surface area contributed by atoms with Crippen LogP contribution >= 0.6 is 0 Å². The molecule has 6 heteroatoms. The molecule has 2 aromatic rings. The number of amides is 1. The summed E-state index contributed by atoms with van der Waals surface area (Å²) in [6, 6.07) is 7.63. The normalized spacial score (nSPS) is 17.2. The summed E-state index contributed by atoms with van der Waals surface area (Å²) in [4.78, 5) is 14.9. The van der Waals surface area contributed by atoms with Crippen molar-refractivity contribution in [1.82, 2.24) is 10.2 Å². The Morgan fingerprint density at radius 3 is 2.48 bits per heavy atom. The molecule has 0 unspecified atom stereocenters. The van der Waals surface area contributed by atoms with Gasteiger partial charge in [-0.05, 0) is 74.3 Å². The number of halogens is 2. The van der Waals surface area contributed by atoms with Crippen molar-refractivity contribution in [3.63, 3.8) is 0 Å². The lowest BCUT2D eigenvalue weighted by atomic mass is 9.97. The summed E-state index contributed by atoms with van der Waals surface area (Å²) < 4.78 is 29.5. The quantitative estimate of drug-likeness (QED) is 0.754. The summed E-state index contributed by atoms with van der Waals surface area (Å²) in [6.45, 7) is 5.03. The molecule has 4 rings (SSSR count). The molecule has 0 saturated heterocycles. The summed E-state index contributed by atoms with van der Waals surface area (Å²) in [5, 5.41) is 5.94. The van der Waals surface area contributed by atoms with Gasteiger partial charge in [-0.1, -0.05) is 18.2 Å². The third-order valence-electron chi connectivity index (χ3n) is 5.96. The van der Waals surface area contributed by atoms with Gasteiger partial charge in [0.25, 0.3) is 5.91 Å². The highest BCUT2D eigenvalue weighted by Crippen LogP contribution is 2.29. The van der Waals surface area contributed by atoms with Crippen molar-refractivity contribution in [2.24, 2.45) is 0 Å². The first kappa shape index (κ1) is 21.4. The Labute approximate surface area is 181 Å². The first-order valence-corrected chi connectivity index (χ1v) is 10.6. The zero-order valence-corrected chi connectivity index (χ0v) is 17.9. The highest BCUT2D eigenvalue weighted by molar-refractivity contribution is 6.05. The third kappa shape index (κ3) is 4.75. The van der Waals surface area contributed by atoms with E-state index in [4.69, 9.17) is 0 Å². The average Bonchev–Trinajstić information content (AvgIpc) is 2.77. The first-order chi connectivity index (χ1) is 14.9. The highest BCUT2D eigenvalue weighted by atomic mass is 19.1. The molecule has 0 bridgehead atoms. The van der Waals surface area contributed by atoms with Gasteiger partial charge in [-0.2, -0.15) is 0 Å². The molecule has 4 nitrogen and oxygen atoms in total. The zero-order chi connectivity index (χ0) is 22.0. The molecule has 2 N–H and O–H groups in total. The molecule has 31 heavy (non-hydrogen) atoms. The maximum atomic E-state index is 14.7.